The van der Waals surface area contributed by atoms with Crippen LogP contribution in [0.2, 0.25) is 5.02 Å². The topological polar surface area (TPSA) is 109 Å². The number of ether oxygens (including phenoxy) is 2. The number of nitro benzene ring substituents is 1. The maximum absolute atomic E-state index is 13.3. The second-order valence-electron chi connectivity index (χ2n) is 7.43. The lowest BCUT2D eigenvalue weighted by molar-refractivity contribution is -0.384. The maximum atomic E-state index is 13.3. The predicted octanol–water partition coefficient (Wildman–Crippen LogP) is 5.60. The van der Waals surface area contributed by atoms with Crippen LogP contribution in [0.15, 0.2) is 69.9 Å². The zero-order valence-corrected chi connectivity index (χ0v) is 18.9. The first-order chi connectivity index (χ1) is 16.3. The third-order valence-corrected chi connectivity index (χ3v) is 5.62. The number of hydrogen-bond acceptors (Lipinski definition) is 7. The van der Waals surface area contributed by atoms with Crippen LogP contribution in [0.5, 0.6) is 11.5 Å². The van der Waals surface area contributed by atoms with Crippen LogP contribution >= 0.6 is 11.6 Å². The number of hydrogen-bond donors (Lipinski definition) is 0. The van der Waals surface area contributed by atoms with E-state index < -0.39 is 22.7 Å². The number of rotatable bonds is 7. The van der Waals surface area contributed by atoms with Gasteiger partial charge in [0.25, 0.3) is 5.69 Å². The molecule has 1 aromatic heterocycles. The molecule has 0 unspecified atom stereocenters. The van der Waals surface area contributed by atoms with Gasteiger partial charge in [0.2, 0.25) is 11.2 Å². The number of carbonyl (C=O) groups excluding carboxylic acids is 1. The highest BCUT2D eigenvalue weighted by molar-refractivity contribution is 6.32. The van der Waals surface area contributed by atoms with Gasteiger partial charge in [0.15, 0.2) is 18.2 Å². The van der Waals surface area contributed by atoms with Crippen molar-refractivity contribution >= 4 is 34.0 Å². The monoisotopic (exact) mass is 479 g/mol. The molecule has 1 heterocycles. The molecule has 4 aromatic rings. The summed E-state index contributed by atoms with van der Waals surface area (Å²) in [7, 11) is 1.53. The summed E-state index contributed by atoms with van der Waals surface area (Å²) in [5.74, 6) is 0.0359. The lowest BCUT2D eigenvalue weighted by atomic mass is 10.1. The van der Waals surface area contributed by atoms with Gasteiger partial charge in [-0.3, -0.25) is 19.7 Å². The summed E-state index contributed by atoms with van der Waals surface area (Å²) in [6.07, 6.45) is 0. The first-order valence-corrected chi connectivity index (χ1v) is 10.5. The van der Waals surface area contributed by atoms with Crippen LogP contribution in [-0.4, -0.2) is 24.4 Å². The number of non-ortho nitro benzene ring substituents is 1. The molecule has 3 aromatic carbocycles. The van der Waals surface area contributed by atoms with Crippen molar-refractivity contribution in [3.8, 4) is 22.8 Å². The smallest absolute Gasteiger partial charge is 0.270 e. The number of fused-ring (bicyclic) bond motifs is 1. The number of ketones is 1. The molecule has 0 spiro atoms. The van der Waals surface area contributed by atoms with Crippen LogP contribution in [-0.2, 0) is 0 Å². The quantitative estimate of drug-likeness (QED) is 0.193. The number of aryl methyl sites for hydroxylation is 1. The van der Waals surface area contributed by atoms with Crippen molar-refractivity contribution in [2.24, 2.45) is 0 Å². The van der Waals surface area contributed by atoms with E-state index in [-0.39, 0.29) is 28.1 Å². The Bertz CT molecular complexity index is 1480. The van der Waals surface area contributed by atoms with Crippen molar-refractivity contribution in [1.29, 1.82) is 0 Å². The minimum absolute atomic E-state index is 0.0871. The molecule has 0 amide bonds. The van der Waals surface area contributed by atoms with E-state index in [1.165, 1.54) is 31.4 Å². The fourth-order valence-electron chi connectivity index (χ4n) is 3.38. The van der Waals surface area contributed by atoms with Gasteiger partial charge in [0.1, 0.15) is 11.3 Å². The van der Waals surface area contributed by atoms with Crippen LogP contribution in [0.4, 0.5) is 5.69 Å². The van der Waals surface area contributed by atoms with Crippen LogP contribution in [0, 0.1) is 17.0 Å². The van der Waals surface area contributed by atoms with Crippen molar-refractivity contribution in [1.82, 2.24) is 0 Å². The molecule has 9 heteroatoms. The largest absolute Gasteiger partial charge is 0.497 e. The van der Waals surface area contributed by atoms with Crippen LogP contribution in [0.1, 0.15) is 15.9 Å². The van der Waals surface area contributed by atoms with E-state index in [0.29, 0.717) is 21.9 Å². The second-order valence-corrected chi connectivity index (χ2v) is 7.84. The molecule has 0 N–H and O–H groups in total. The van der Waals surface area contributed by atoms with Crippen LogP contribution < -0.4 is 14.9 Å². The maximum Gasteiger partial charge on any atom is 0.270 e. The van der Waals surface area contributed by atoms with E-state index in [9.17, 15) is 19.7 Å². The number of Topliss-reactive ketones (excluding diaryl/α,β-unsaturated/α-hetero) is 1. The Kier molecular flexibility index (Phi) is 6.34. The number of carbonyl (C=O) groups is 1. The van der Waals surface area contributed by atoms with Crippen molar-refractivity contribution in [2.45, 2.75) is 6.92 Å². The molecule has 0 bridgehead atoms. The fourth-order valence-corrected chi connectivity index (χ4v) is 3.54. The Hall–Kier alpha value is -4.17. The second kappa shape index (κ2) is 9.36. The van der Waals surface area contributed by atoms with E-state index in [4.69, 9.17) is 25.5 Å². The first kappa shape index (κ1) is 23.0. The average Bonchev–Trinajstić information content (AvgIpc) is 2.84. The van der Waals surface area contributed by atoms with Gasteiger partial charge >= 0.3 is 0 Å². The lowest BCUT2D eigenvalue weighted by Crippen LogP contribution is -2.17. The van der Waals surface area contributed by atoms with Crippen LogP contribution in [0.3, 0.4) is 0 Å². The van der Waals surface area contributed by atoms with Crippen molar-refractivity contribution < 1.29 is 23.6 Å². The molecular formula is C25H18ClNO7. The zero-order chi connectivity index (χ0) is 24.4. The molecule has 172 valence electrons. The molecule has 4 rings (SSSR count). The van der Waals surface area contributed by atoms with Crippen LogP contribution in [0.25, 0.3) is 22.3 Å². The number of benzene rings is 3. The number of halogens is 1. The highest BCUT2D eigenvalue weighted by Crippen LogP contribution is 2.33. The van der Waals surface area contributed by atoms with Crippen molar-refractivity contribution in [3.05, 3.63) is 97.2 Å². The average molecular weight is 480 g/mol. The lowest BCUT2D eigenvalue weighted by Gasteiger charge is -2.12. The van der Waals surface area contributed by atoms with Gasteiger partial charge in [-0.1, -0.05) is 23.7 Å². The Morgan fingerprint density at radius 2 is 1.85 bits per heavy atom. The van der Waals surface area contributed by atoms with Crippen molar-refractivity contribution in [3.63, 3.8) is 0 Å². The summed E-state index contributed by atoms with van der Waals surface area (Å²) >= 11 is 6.21. The molecule has 0 saturated carbocycles. The Balaban J connectivity index is 1.78. The SMILES string of the molecule is COc1ccc(-c2oc3cc(C)c(Cl)cc3c(=O)c2OCC(=O)c2cccc([N+](=O)[O-])c2)cc1. The molecule has 0 aliphatic heterocycles. The molecule has 0 radical (unpaired) electrons. The highest BCUT2D eigenvalue weighted by Gasteiger charge is 2.21. The van der Waals surface area contributed by atoms with Gasteiger partial charge in [-0.05, 0) is 48.9 Å². The number of methoxy groups -OCH3 is 1. The summed E-state index contributed by atoms with van der Waals surface area (Å²) < 4.78 is 16.9. The van der Waals surface area contributed by atoms with E-state index in [0.717, 1.165) is 11.6 Å². The van der Waals surface area contributed by atoms with Gasteiger partial charge in [-0.2, -0.15) is 0 Å². The number of nitro groups is 1. The Labute approximate surface area is 198 Å². The molecule has 0 aliphatic rings. The molecule has 34 heavy (non-hydrogen) atoms. The standard InChI is InChI=1S/C25H18ClNO7/c1-14-10-22-19(12-20(14)26)23(29)25(24(34-22)15-6-8-18(32-2)9-7-15)33-13-21(28)16-4-3-5-17(11-16)27(30)31/h3-12H,13H2,1-2H3. The van der Waals surface area contributed by atoms with E-state index in [1.807, 2.05) is 0 Å². The summed E-state index contributed by atoms with van der Waals surface area (Å²) in [5.41, 5.74) is 0.942. The summed E-state index contributed by atoms with van der Waals surface area (Å²) in [5, 5.41) is 11.6. The summed E-state index contributed by atoms with van der Waals surface area (Å²) in [4.78, 5) is 36.4. The van der Waals surface area contributed by atoms with E-state index in [2.05, 4.69) is 0 Å². The summed E-state index contributed by atoms with van der Waals surface area (Å²) in [6.45, 7) is 1.26. The molecule has 0 fully saturated rings. The molecular weight excluding hydrogens is 462 g/mol. The third kappa shape index (κ3) is 4.49. The highest BCUT2D eigenvalue weighted by atomic mass is 35.5. The minimum atomic E-state index is -0.594. The third-order valence-electron chi connectivity index (χ3n) is 5.21. The Morgan fingerprint density at radius 3 is 2.53 bits per heavy atom. The number of nitrogens with zero attached hydrogens (tertiary/aromatic N) is 1. The van der Waals surface area contributed by atoms with Gasteiger partial charge in [0, 0.05) is 28.3 Å². The zero-order valence-electron chi connectivity index (χ0n) is 18.2. The first-order valence-electron chi connectivity index (χ1n) is 10.1. The molecule has 0 aliphatic carbocycles. The molecule has 0 atom stereocenters. The molecule has 0 saturated heterocycles. The van der Waals surface area contributed by atoms with E-state index >= 15 is 0 Å². The van der Waals surface area contributed by atoms with E-state index in [1.54, 1.807) is 37.3 Å². The Morgan fingerprint density at radius 1 is 1.12 bits per heavy atom. The normalized spacial score (nSPS) is 10.8. The van der Waals surface area contributed by atoms with Gasteiger partial charge in [-0.15, -0.1) is 0 Å². The van der Waals surface area contributed by atoms with Gasteiger partial charge in [0.05, 0.1) is 17.4 Å². The van der Waals surface area contributed by atoms with Gasteiger partial charge in [-0.25, -0.2) is 0 Å². The minimum Gasteiger partial charge on any atom is -0.497 e. The fraction of sp³-hybridized carbons (Fsp3) is 0.120. The molecule has 8 nitrogen and oxygen atoms in total. The predicted molar refractivity (Wildman–Crippen MR) is 127 cm³/mol. The summed E-state index contributed by atoms with van der Waals surface area (Å²) in [6, 6.07) is 15.2. The van der Waals surface area contributed by atoms with Crippen molar-refractivity contribution in [2.75, 3.05) is 13.7 Å². The van der Waals surface area contributed by atoms with Gasteiger partial charge < -0.3 is 13.9 Å².